The van der Waals surface area contributed by atoms with Crippen molar-refractivity contribution >= 4 is 43.3 Å². The van der Waals surface area contributed by atoms with Crippen LogP contribution in [-0.2, 0) is 0 Å². The Morgan fingerprint density at radius 1 is 1.28 bits per heavy atom. The normalized spacial score (nSPS) is 19.1. The highest BCUT2D eigenvalue weighted by Crippen LogP contribution is 2.40. The number of hydrogen-bond donors (Lipinski definition) is 4. The molecule has 2 aromatic rings. The molecule has 0 aliphatic carbocycles. The van der Waals surface area contributed by atoms with Crippen LogP contribution in [0.5, 0.6) is 11.6 Å². The second-order valence-electron chi connectivity index (χ2n) is 6.37. The largest absolute Gasteiger partial charge is 0.435 e. The predicted octanol–water partition coefficient (Wildman–Crippen LogP) is 2.09. The van der Waals surface area contributed by atoms with Gasteiger partial charge < -0.3 is 14.9 Å². The van der Waals surface area contributed by atoms with Gasteiger partial charge >= 0.3 is 0 Å². The number of nitrogens with one attached hydrogen (secondary N) is 2. The number of aliphatic hydroxyl groups excluding tert-OH is 2. The number of hydrazone groups is 1. The maximum absolute atomic E-state index is 11.8. The molecule has 2 heterocycles. The molecule has 1 aliphatic rings. The minimum Gasteiger partial charge on any atom is -0.435 e. The summed E-state index contributed by atoms with van der Waals surface area (Å²) in [7, 11) is 0. The molecule has 1 aromatic carbocycles. The van der Waals surface area contributed by atoms with E-state index in [-0.39, 0.29) is 23.1 Å². The maximum atomic E-state index is 11.8. The molecule has 2 unspecified atom stereocenters. The third-order valence-corrected chi connectivity index (χ3v) is 5.19. The summed E-state index contributed by atoms with van der Waals surface area (Å²) < 4.78 is 6.80. The van der Waals surface area contributed by atoms with Gasteiger partial charge in [0.2, 0.25) is 12.2 Å². The van der Waals surface area contributed by atoms with E-state index in [0.29, 0.717) is 25.9 Å². The molecule has 0 fully saturated rings. The Morgan fingerprint density at radius 2 is 1.93 bits per heavy atom. The molecule has 1 aliphatic heterocycles. The lowest BCUT2D eigenvalue weighted by Crippen LogP contribution is -2.55. The van der Waals surface area contributed by atoms with E-state index < -0.39 is 12.6 Å². The highest BCUT2D eigenvalue weighted by molar-refractivity contribution is 9.11. The van der Waals surface area contributed by atoms with Gasteiger partial charge in [-0.1, -0.05) is 13.8 Å². The first kappa shape index (κ1) is 21.4. The lowest BCUT2D eigenvalue weighted by molar-refractivity contribution is 0.0631. The topological polar surface area (TPSA) is 147 Å². The van der Waals surface area contributed by atoms with Crippen LogP contribution in [0.4, 0.5) is 5.69 Å². The predicted molar refractivity (Wildman–Crippen MR) is 112 cm³/mol. The lowest BCUT2D eigenvalue weighted by atomic mass is 10.1. The third kappa shape index (κ3) is 4.49. The van der Waals surface area contributed by atoms with Crippen LogP contribution in [0.3, 0.4) is 0 Å². The Kier molecular flexibility index (Phi) is 6.35. The second kappa shape index (κ2) is 8.60. The van der Waals surface area contributed by atoms with Crippen LogP contribution in [0.1, 0.15) is 25.3 Å². The van der Waals surface area contributed by atoms with Gasteiger partial charge in [0.15, 0.2) is 17.7 Å². The molecule has 12 heteroatoms. The van der Waals surface area contributed by atoms with E-state index in [2.05, 4.69) is 52.5 Å². The van der Waals surface area contributed by atoms with E-state index in [4.69, 9.17) is 10.00 Å². The summed E-state index contributed by atoms with van der Waals surface area (Å²) in [5.74, 6) is 0.580. The van der Waals surface area contributed by atoms with Crippen molar-refractivity contribution in [2.24, 2.45) is 5.10 Å². The number of aromatic nitrogens is 2. The van der Waals surface area contributed by atoms with Crippen LogP contribution in [0.25, 0.3) is 0 Å². The fraction of sp³-hybridized carbons (Fsp3) is 0.294. The number of benzene rings is 1. The Balaban J connectivity index is 1.95. The molecule has 0 amide bonds. The zero-order valence-electron chi connectivity index (χ0n) is 15.2. The average Bonchev–Trinajstić information content (AvgIpc) is 2.65. The number of aromatic amines is 1. The van der Waals surface area contributed by atoms with Crippen LogP contribution < -0.4 is 20.6 Å². The number of ether oxygens (including phenoxy) is 1. The molecule has 0 radical (unpaired) electrons. The summed E-state index contributed by atoms with van der Waals surface area (Å²) in [5.41, 5.74) is 0.480. The molecule has 0 bridgehead atoms. The van der Waals surface area contributed by atoms with Gasteiger partial charge in [0.05, 0.1) is 14.6 Å². The van der Waals surface area contributed by atoms with E-state index in [1.54, 1.807) is 24.3 Å². The molecule has 152 valence electrons. The molecule has 10 nitrogen and oxygen atoms in total. The van der Waals surface area contributed by atoms with Crippen LogP contribution in [0.2, 0.25) is 0 Å². The summed E-state index contributed by atoms with van der Waals surface area (Å²) in [6, 6.07) is 6.55. The molecule has 1 aromatic heterocycles. The number of halogens is 2. The van der Waals surface area contributed by atoms with Gasteiger partial charge in [-0.25, -0.2) is 15.4 Å². The Morgan fingerprint density at radius 3 is 2.52 bits per heavy atom. The van der Waals surface area contributed by atoms with Gasteiger partial charge in [-0.05, 0) is 49.9 Å². The van der Waals surface area contributed by atoms with Crippen molar-refractivity contribution in [2.45, 2.75) is 32.3 Å². The first-order valence-electron chi connectivity index (χ1n) is 8.37. The van der Waals surface area contributed by atoms with Crippen LogP contribution in [0.15, 0.2) is 37.0 Å². The summed E-state index contributed by atoms with van der Waals surface area (Å²) in [5, 5.41) is 42.7. The SMILES string of the molecule is CC(C)c1cc(Oc2c(Br)cc(N3N=C(C#N)C(O)NC3O)cc2Br)n[nH]c1=O. The molecular weight excluding hydrogens is 512 g/mol. The van der Waals surface area contributed by atoms with Crippen molar-refractivity contribution in [2.75, 3.05) is 5.01 Å². The van der Waals surface area contributed by atoms with E-state index in [1.807, 2.05) is 13.8 Å². The van der Waals surface area contributed by atoms with E-state index in [9.17, 15) is 15.0 Å². The molecule has 0 spiro atoms. The van der Waals surface area contributed by atoms with Crippen LogP contribution >= 0.6 is 31.9 Å². The minimum atomic E-state index is -1.36. The lowest BCUT2D eigenvalue weighted by Gasteiger charge is -2.32. The van der Waals surface area contributed by atoms with Crippen molar-refractivity contribution in [3.8, 4) is 17.7 Å². The molecule has 0 saturated carbocycles. The minimum absolute atomic E-state index is 0.00557. The van der Waals surface area contributed by atoms with Gasteiger partial charge in [-0.3, -0.25) is 4.79 Å². The highest BCUT2D eigenvalue weighted by atomic mass is 79.9. The number of H-pyrrole nitrogens is 1. The van der Waals surface area contributed by atoms with Gasteiger partial charge in [-0.15, -0.1) is 5.10 Å². The van der Waals surface area contributed by atoms with E-state index in [1.165, 1.54) is 0 Å². The van der Waals surface area contributed by atoms with E-state index >= 15 is 0 Å². The number of hydrogen-bond acceptors (Lipinski definition) is 9. The molecule has 3 rings (SSSR count). The van der Waals surface area contributed by atoms with Crippen LogP contribution in [0, 0.1) is 11.3 Å². The third-order valence-electron chi connectivity index (χ3n) is 4.01. The number of nitriles is 1. The van der Waals surface area contributed by atoms with Crippen molar-refractivity contribution < 1.29 is 14.9 Å². The molecule has 2 atom stereocenters. The molecular formula is C17H16Br2N6O4. The maximum Gasteiger partial charge on any atom is 0.267 e. The summed E-state index contributed by atoms with van der Waals surface area (Å²) in [6.45, 7) is 3.78. The summed E-state index contributed by atoms with van der Waals surface area (Å²) >= 11 is 6.80. The quantitative estimate of drug-likeness (QED) is 0.472. The zero-order chi connectivity index (χ0) is 21.3. The van der Waals surface area contributed by atoms with E-state index in [0.717, 1.165) is 5.01 Å². The van der Waals surface area contributed by atoms with Crippen LogP contribution in [-0.4, -0.2) is 38.7 Å². The van der Waals surface area contributed by atoms with Crippen molar-refractivity contribution in [1.82, 2.24) is 15.5 Å². The first-order chi connectivity index (χ1) is 13.7. The van der Waals surface area contributed by atoms with Gasteiger partial charge in [-0.2, -0.15) is 10.4 Å². The number of nitrogens with zero attached hydrogens (tertiary/aromatic N) is 4. The monoisotopic (exact) mass is 526 g/mol. The van der Waals surface area contributed by atoms with Gasteiger partial charge in [0, 0.05) is 11.6 Å². The second-order valence-corrected chi connectivity index (χ2v) is 8.08. The Hall–Kier alpha value is -2.30. The van der Waals surface area contributed by atoms with Gasteiger partial charge in [0.1, 0.15) is 6.07 Å². The Bertz CT molecular complexity index is 1040. The van der Waals surface area contributed by atoms with Crippen molar-refractivity contribution in [3.63, 3.8) is 0 Å². The number of anilines is 1. The van der Waals surface area contributed by atoms with Crippen molar-refractivity contribution in [1.29, 1.82) is 5.26 Å². The fourth-order valence-corrected chi connectivity index (χ4v) is 3.89. The molecule has 29 heavy (non-hydrogen) atoms. The standard InChI is InChI=1S/C17H16Br2N6O4/c1-7(2)9-5-13(22-23-15(9)26)29-14-10(18)3-8(4-11(14)19)25-17(28)21-16(27)12(6-20)24-25/h3-5,7,16-17,21,27-28H,1-2H3,(H,23,26). The highest BCUT2D eigenvalue weighted by Gasteiger charge is 2.29. The number of rotatable bonds is 4. The smallest absolute Gasteiger partial charge is 0.267 e. The first-order valence-corrected chi connectivity index (χ1v) is 9.96. The summed E-state index contributed by atoms with van der Waals surface area (Å²) in [6.07, 6.45) is -2.70. The summed E-state index contributed by atoms with van der Waals surface area (Å²) in [4.78, 5) is 11.8. The van der Waals surface area contributed by atoms with Crippen molar-refractivity contribution in [3.05, 3.63) is 43.1 Å². The molecule has 4 N–H and O–H groups in total. The zero-order valence-corrected chi connectivity index (χ0v) is 18.4. The molecule has 0 saturated heterocycles. The fourth-order valence-electron chi connectivity index (χ4n) is 2.56. The Labute approximate surface area is 182 Å². The number of aliphatic hydroxyl groups is 2. The average molecular weight is 528 g/mol. The van der Waals surface area contributed by atoms with Gasteiger partial charge in [0.25, 0.3) is 5.56 Å².